The standard InChI is InChI=1S/C18H23NO3S/c1-12(2)23(21,22)11-14-4-3-5-16(9-14)19-18(20)17-10-13-6-7-15(17)8-13/h3-7,9,12-13,15,17H,8,10-11H2,1-2H3,(H,19,20)/t13-,15-,17+/m0/s1. The summed E-state index contributed by atoms with van der Waals surface area (Å²) in [4.78, 5) is 12.4. The highest BCUT2D eigenvalue weighted by molar-refractivity contribution is 7.91. The zero-order chi connectivity index (χ0) is 16.6. The fraction of sp³-hybridized carbons (Fsp3) is 0.500. The first kappa shape index (κ1) is 16.2. The summed E-state index contributed by atoms with van der Waals surface area (Å²) < 4.78 is 24.1. The lowest BCUT2D eigenvalue weighted by Crippen LogP contribution is -2.26. The molecule has 1 fully saturated rings. The van der Waals surface area contributed by atoms with Gasteiger partial charge in [-0.1, -0.05) is 24.3 Å². The van der Waals surface area contributed by atoms with E-state index in [4.69, 9.17) is 0 Å². The molecule has 3 rings (SSSR count). The molecule has 4 nitrogen and oxygen atoms in total. The van der Waals surface area contributed by atoms with Crippen LogP contribution in [-0.4, -0.2) is 19.6 Å². The largest absolute Gasteiger partial charge is 0.326 e. The summed E-state index contributed by atoms with van der Waals surface area (Å²) in [6.07, 6.45) is 6.38. The van der Waals surface area contributed by atoms with Crippen molar-refractivity contribution in [3.05, 3.63) is 42.0 Å². The van der Waals surface area contributed by atoms with Crippen LogP contribution in [0.4, 0.5) is 5.69 Å². The van der Waals surface area contributed by atoms with Gasteiger partial charge in [0.05, 0.1) is 11.0 Å². The Labute approximate surface area is 137 Å². The Hall–Kier alpha value is -1.62. The molecule has 0 aliphatic heterocycles. The minimum absolute atomic E-state index is 0.00520. The summed E-state index contributed by atoms with van der Waals surface area (Å²) in [5.74, 6) is 1.02. The van der Waals surface area contributed by atoms with Crippen molar-refractivity contribution in [2.24, 2.45) is 17.8 Å². The number of hydrogen-bond donors (Lipinski definition) is 1. The molecule has 0 saturated heterocycles. The molecule has 2 bridgehead atoms. The van der Waals surface area contributed by atoms with Gasteiger partial charge in [0.15, 0.2) is 9.84 Å². The molecule has 3 atom stereocenters. The third-order valence-corrected chi connectivity index (χ3v) is 7.07. The van der Waals surface area contributed by atoms with Crippen LogP contribution in [0.3, 0.4) is 0 Å². The molecule has 1 saturated carbocycles. The molecule has 23 heavy (non-hydrogen) atoms. The molecule has 1 aromatic rings. The van der Waals surface area contributed by atoms with E-state index in [1.807, 2.05) is 6.07 Å². The van der Waals surface area contributed by atoms with Crippen LogP contribution in [0.15, 0.2) is 36.4 Å². The predicted octanol–water partition coefficient (Wildman–Crippen LogP) is 3.16. The van der Waals surface area contributed by atoms with Gasteiger partial charge in [-0.25, -0.2) is 8.42 Å². The molecule has 1 N–H and O–H groups in total. The van der Waals surface area contributed by atoms with E-state index in [1.54, 1.807) is 32.0 Å². The molecule has 5 heteroatoms. The zero-order valence-corrected chi connectivity index (χ0v) is 14.3. The van der Waals surface area contributed by atoms with Crippen molar-refractivity contribution in [3.8, 4) is 0 Å². The first-order valence-electron chi connectivity index (χ1n) is 8.15. The van der Waals surface area contributed by atoms with Crippen molar-refractivity contribution >= 4 is 21.4 Å². The zero-order valence-electron chi connectivity index (χ0n) is 13.5. The first-order chi connectivity index (χ1) is 10.8. The third kappa shape index (κ3) is 3.50. The molecule has 0 spiro atoms. The van der Waals surface area contributed by atoms with Gasteiger partial charge in [-0.15, -0.1) is 0 Å². The number of carbonyl (C=O) groups excluding carboxylic acids is 1. The van der Waals surface area contributed by atoms with Gasteiger partial charge in [-0.3, -0.25) is 4.79 Å². The van der Waals surface area contributed by atoms with E-state index >= 15 is 0 Å². The molecule has 0 unspecified atom stereocenters. The molecule has 0 heterocycles. The Balaban J connectivity index is 1.68. The second kappa shape index (κ2) is 6.11. The van der Waals surface area contributed by atoms with Crippen molar-refractivity contribution in [3.63, 3.8) is 0 Å². The highest BCUT2D eigenvalue weighted by Crippen LogP contribution is 2.43. The second-order valence-electron chi connectivity index (χ2n) is 6.93. The number of carbonyl (C=O) groups is 1. The second-order valence-corrected chi connectivity index (χ2v) is 9.49. The van der Waals surface area contributed by atoms with E-state index in [9.17, 15) is 13.2 Å². The van der Waals surface area contributed by atoms with Crippen LogP contribution < -0.4 is 5.32 Å². The van der Waals surface area contributed by atoms with E-state index in [0.29, 0.717) is 23.1 Å². The van der Waals surface area contributed by atoms with Gasteiger partial charge >= 0.3 is 0 Å². The summed E-state index contributed by atoms with van der Waals surface area (Å²) in [7, 11) is -3.14. The van der Waals surface area contributed by atoms with E-state index in [-0.39, 0.29) is 17.6 Å². The summed E-state index contributed by atoms with van der Waals surface area (Å²) >= 11 is 0. The smallest absolute Gasteiger partial charge is 0.228 e. The van der Waals surface area contributed by atoms with Gasteiger partial charge in [-0.2, -0.15) is 0 Å². The van der Waals surface area contributed by atoms with Gasteiger partial charge in [0, 0.05) is 11.6 Å². The normalized spacial score (nSPS) is 26.0. The fourth-order valence-electron chi connectivity index (χ4n) is 3.45. The van der Waals surface area contributed by atoms with E-state index in [1.165, 1.54) is 0 Å². The number of anilines is 1. The number of nitrogens with one attached hydrogen (secondary N) is 1. The number of allylic oxidation sites excluding steroid dienone is 2. The minimum Gasteiger partial charge on any atom is -0.326 e. The van der Waals surface area contributed by atoms with E-state index in [2.05, 4.69) is 17.5 Å². The maximum Gasteiger partial charge on any atom is 0.228 e. The van der Waals surface area contributed by atoms with Crippen LogP contribution in [0.25, 0.3) is 0 Å². The lowest BCUT2D eigenvalue weighted by Gasteiger charge is -2.18. The molecule has 2 aliphatic carbocycles. The van der Waals surface area contributed by atoms with Gasteiger partial charge in [0.25, 0.3) is 0 Å². The maximum absolute atomic E-state index is 12.4. The Kier molecular flexibility index (Phi) is 4.32. The average molecular weight is 333 g/mol. The molecule has 1 aromatic carbocycles. The molecular formula is C18H23NO3S. The quantitative estimate of drug-likeness (QED) is 0.842. The van der Waals surface area contributed by atoms with Gasteiger partial charge in [0.2, 0.25) is 5.91 Å². The molecular weight excluding hydrogens is 310 g/mol. The summed E-state index contributed by atoms with van der Waals surface area (Å²) in [5.41, 5.74) is 1.39. The van der Waals surface area contributed by atoms with Crippen LogP contribution in [0, 0.1) is 17.8 Å². The lowest BCUT2D eigenvalue weighted by atomic mass is 9.93. The van der Waals surface area contributed by atoms with Crippen molar-refractivity contribution in [2.75, 3.05) is 5.32 Å². The summed E-state index contributed by atoms with van der Waals surface area (Å²) in [6.45, 7) is 3.37. The average Bonchev–Trinajstić information content (AvgIpc) is 3.09. The summed E-state index contributed by atoms with van der Waals surface area (Å²) in [5, 5.41) is 2.56. The van der Waals surface area contributed by atoms with Gasteiger partial charge < -0.3 is 5.32 Å². The van der Waals surface area contributed by atoms with Crippen LogP contribution in [0.2, 0.25) is 0 Å². The first-order valence-corrected chi connectivity index (χ1v) is 9.86. The highest BCUT2D eigenvalue weighted by Gasteiger charge is 2.39. The minimum atomic E-state index is -3.14. The number of hydrogen-bond acceptors (Lipinski definition) is 3. The monoisotopic (exact) mass is 333 g/mol. The Bertz CT molecular complexity index is 736. The van der Waals surface area contributed by atoms with Gasteiger partial charge in [-0.05, 0) is 56.2 Å². The number of rotatable bonds is 5. The van der Waals surface area contributed by atoms with Crippen molar-refractivity contribution in [2.45, 2.75) is 37.7 Å². The molecule has 2 aliphatic rings. The van der Waals surface area contributed by atoms with Crippen LogP contribution in [0.1, 0.15) is 32.3 Å². The van der Waals surface area contributed by atoms with Crippen LogP contribution in [0.5, 0.6) is 0 Å². The molecule has 124 valence electrons. The van der Waals surface area contributed by atoms with Crippen molar-refractivity contribution < 1.29 is 13.2 Å². The van der Waals surface area contributed by atoms with Crippen LogP contribution >= 0.6 is 0 Å². The number of sulfone groups is 1. The fourth-order valence-corrected chi connectivity index (χ4v) is 4.43. The highest BCUT2D eigenvalue weighted by atomic mass is 32.2. The predicted molar refractivity (Wildman–Crippen MR) is 91.7 cm³/mol. The number of amides is 1. The lowest BCUT2D eigenvalue weighted by molar-refractivity contribution is -0.120. The van der Waals surface area contributed by atoms with E-state index in [0.717, 1.165) is 12.8 Å². The Morgan fingerprint density at radius 2 is 2.04 bits per heavy atom. The number of benzene rings is 1. The maximum atomic E-state index is 12.4. The number of fused-ring (bicyclic) bond motifs is 2. The topological polar surface area (TPSA) is 63.2 Å². The van der Waals surface area contributed by atoms with Crippen molar-refractivity contribution in [1.29, 1.82) is 0 Å². The van der Waals surface area contributed by atoms with E-state index < -0.39 is 15.1 Å². The molecule has 1 amide bonds. The third-order valence-electron chi connectivity index (χ3n) is 4.90. The van der Waals surface area contributed by atoms with Crippen molar-refractivity contribution in [1.82, 2.24) is 0 Å². The molecule has 0 aromatic heterocycles. The molecule has 0 radical (unpaired) electrons. The Morgan fingerprint density at radius 1 is 1.26 bits per heavy atom. The SMILES string of the molecule is CC(C)S(=O)(=O)Cc1cccc(NC(=O)[C@@H]2C[C@H]3C=C[C@H]2C3)c1. The van der Waals surface area contributed by atoms with Crippen LogP contribution in [-0.2, 0) is 20.4 Å². The Morgan fingerprint density at radius 3 is 2.65 bits per heavy atom. The van der Waals surface area contributed by atoms with Gasteiger partial charge in [0.1, 0.15) is 0 Å². The summed E-state index contributed by atoms with van der Waals surface area (Å²) in [6, 6.07) is 7.16.